The molecule has 3 atom stereocenters. The van der Waals surface area contributed by atoms with Crippen LogP contribution >= 0.6 is 0 Å². The maximum Gasteiger partial charge on any atom is 0.0613 e. The SMILES string of the molecule is COCC1CCCN(CCC2CCCC2(N)CO)C1. The van der Waals surface area contributed by atoms with Gasteiger partial charge in [-0.2, -0.15) is 0 Å². The monoisotopic (exact) mass is 270 g/mol. The van der Waals surface area contributed by atoms with Crippen LogP contribution in [0.1, 0.15) is 38.5 Å². The number of methoxy groups -OCH3 is 1. The van der Waals surface area contributed by atoms with Crippen LogP contribution in [0.5, 0.6) is 0 Å². The summed E-state index contributed by atoms with van der Waals surface area (Å²) in [6.07, 6.45) is 7.06. The van der Waals surface area contributed by atoms with E-state index in [1.165, 1.54) is 32.2 Å². The van der Waals surface area contributed by atoms with Crippen molar-refractivity contribution in [3.8, 4) is 0 Å². The average molecular weight is 270 g/mol. The van der Waals surface area contributed by atoms with E-state index in [0.29, 0.717) is 11.8 Å². The summed E-state index contributed by atoms with van der Waals surface area (Å²) in [7, 11) is 1.79. The standard InChI is InChI=1S/C15H30N2O2/c1-19-11-13-4-3-8-17(10-13)9-6-14-5-2-7-15(14,16)12-18/h13-14,18H,2-12,16H2,1H3. The number of likely N-dealkylation sites (tertiary alicyclic amines) is 1. The van der Waals surface area contributed by atoms with Crippen molar-refractivity contribution in [1.82, 2.24) is 4.90 Å². The van der Waals surface area contributed by atoms with E-state index in [-0.39, 0.29) is 12.1 Å². The highest BCUT2D eigenvalue weighted by atomic mass is 16.5. The Balaban J connectivity index is 1.75. The third-order valence-electron chi connectivity index (χ3n) is 5.10. The molecule has 0 aromatic carbocycles. The topological polar surface area (TPSA) is 58.7 Å². The van der Waals surface area contributed by atoms with Gasteiger partial charge in [0, 0.05) is 19.2 Å². The lowest BCUT2D eigenvalue weighted by atomic mass is 9.86. The minimum absolute atomic E-state index is 0.143. The third kappa shape index (κ3) is 3.91. The lowest BCUT2D eigenvalue weighted by molar-refractivity contribution is 0.0824. The quantitative estimate of drug-likeness (QED) is 0.762. The van der Waals surface area contributed by atoms with Gasteiger partial charge in [0.05, 0.1) is 13.2 Å². The Morgan fingerprint density at radius 3 is 2.95 bits per heavy atom. The van der Waals surface area contributed by atoms with E-state index >= 15 is 0 Å². The molecule has 4 nitrogen and oxygen atoms in total. The van der Waals surface area contributed by atoms with Crippen LogP contribution in [0.2, 0.25) is 0 Å². The number of hydrogen-bond donors (Lipinski definition) is 2. The highest BCUT2D eigenvalue weighted by Crippen LogP contribution is 2.36. The first-order chi connectivity index (χ1) is 9.18. The zero-order chi connectivity index (χ0) is 13.7. The third-order valence-corrected chi connectivity index (χ3v) is 5.10. The number of nitrogens with two attached hydrogens (primary N) is 1. The Kier molecular flexibility index (Phi) is 5.63. The van der Waals surface area contributed by atoms with E-state index in [0.717, 1.165) is 32.5 Å². The van der Waals surface area contributed by atoms with Gasteiger partial charge in [0.2, 0.25) is 0 Å². The predicted molar refractivity (Wildman–Crippen MR) is 77.0 cm³/mol. The maximum absolute atomic E-state index is 9.49. The molecule has 2 aliphatic rings. The van der Waals surface area contributed by atoms with Gasteiger partial charge in [-0.1, -0.05) is 6.42 Å². The number of ether oxygens (including phenoxy) is 1. The molecule has 0 bridgehead atoms. The second kappa shape index (κ2) is 7.02. The summed E-state index contributed by atoms with van der Waals surface area (Å²) in [4.78, 5) is 2.56. The fourth-order valence-corrected chi connectivity index (χ4v) is 3.87. The molecule has 3 N–H and O–H groups in total. The van der Waals surface area contributed by atoms with E-state index in [2.05, 4.69) is 4.90 Å². The molecule has 0 aromatic rings. The van der Waals surface area contributed by atoms with Crippen LogP contribution in [-0.2, 0) is 4.74 Å². The summed E-state index contributed by atoms with van der Waals surface area (Å²) in [5, 5.41) is 9.49. The summed E-state index contributed by atoms with van der Waals surface area (Å²) in [5.41, 5.74) is 6.00. The molecule has 0 spiro atoms. The molecule has 1 aliphatic carbocycles. The van der Waals surface area contributed by atoms with Crippen LogP contribution in [-0.4, -0.2) is 55.5 Å². The summed E-state index contributed by atoms with van der Waals surface area (Å²) in [6, 6.07) is 0. The van der Waals surface area contributed by atoms with Crippen LogP contribution in [0.4, 0.5) is 0 Å². The molecule has 0 amide bonds. The molecule has 4 heteroatoms. The minimum atomic E-state index is -0.304. The number of hydrogen-bond acceptors (Lipinski definition) is 4. The minimum Gasteiger partial charge on any atom is -0.394 e. The highest BCUT2D eigenvalue weighted by Gasteiger charge is 2.38. The Morgan fingerprint density at radius 2 is 2.21 bits per heavy atom. The van der Waals surface area contributed by atoms with E-state index < -0.39 is 0 Å². The molecule has 1 saturated carbocycles. The smallest absolute Gasteiger partial charge is 0.0613 e. The normalized spacial score (nSPS) is 36.8. The van der Waals surface area contributed by atoms with Crippen molar-refractivity contribution in [2.75, 3.05) is 40.0 Å². The van der Waals surface area contributed by atoms with Gasteiger partial charge >= 0.3 is 0 Å². The summed E-state index contributed by atoms with van der Waals surface area (Å²) in [5.74, 6) is 1.20. The second-order valence-corrected chi connectivity index (χ2v) is 6.53. The molecule has 19 heavy (non-hydrogen) atoms. The second-order valence-electron chi connectivity index (χ2n) is 6.53. The largest absolute Gasteiger partial charge is 0.394 e. The van der Waals surface area contributed by atoms with Crippen molar-refractivity contribution >= 4 is 0 Å². The van der Waals surface area contributed by atoms with Crippen LogP contribution in [0.25, 0.3) is 0 Å². The molecule has 0 aromatic heterocycles. The van der Waals surface area contributed by atoms with E-state index in [4.69, 9.17) is 10.5 Å². The number of aliphatic hydroxyl groups excluding tert-OH is 1. The number of nitrogens with zero attached hydrogens (tertiary/aromatic N) is 1. The molecule has 3 unspecified atom stereocenters. The van der Waals surface area contributed by atoms with Gasteiger partial charge in [0.1, 0.15) is 0 Å². The predicted octanol–water partition coefficient (Wildman–Crippen LogP) is 1.22. The Bertz CT molecular complexity index is 273. The number of rotatable bonds is 6. The summed E-state index contributed by atoms with van der Waals surface area (Å²) < 4.78 is 5.28. The van der Waals surface area contributed by atoms with Crippen LogP contribution < -0.4 is 5.73 Å². The van der Waals surface area contributed by atoms with Crippen molar-refractivity contribution in [3.63, 3.8) is 0 Å². The van der Waals surface area contributed by atoms with Crippen LogP contribution in [0.3, 0.4) is 0 Å². The lowest BCUT2D eigenvalue weighted by Crippen LogP contribution is -2.48. The van der Waals surface area contributed by atoms with E-state index in [9.17, 15) is 5.11 Å². The molecule has 112 valence electrons. The number of aliphatic hydroxyl groups is 1. The average Bonchev–Trinajstić information content (AvgIpc) is 2.79. The number of piperidine rings is 1. The highest BCUT2D eigenvalue weighted by molar-refractivity contribution is 4.96. The van der Waals surface area contributed by atoms with Gasteiger partial charge in [0.25, 0.3) is 0 Å². The van der Waals surface area contributed by atoms with Gasteiger partial charge in [-0.3, -0.25) is 0 Å². The first-order valence-electron chi connectivity index (χ1n) is 7.79. The molecule has 2 fully saturated rings. The van der Waals surface area contributed by atoms with Gasteiger partial charge in [-0.25, -0.2) is 0 Å². The fraction of sp³-hybridized carbons (Fsp3) is 1.00. The first kappa shape index (κ1) is 15.2. The van der Waals surface area contributed by atoms with Gasteiger partial charge in [0.15, 0.2) is 0 Å². The van der Waals surface area contributed by atoms with Crippen molar-refractivity contribution < 1.29 is 9.84 Å². The van der Waals surface area contributed by atoms with Crippen LogP contribution in [0, 0.1) is 11.8 Å². The Labute approximate surface area is 117 Å². The van der Waals surface area contributed by atoms with Crippen molar-refractivity contribution in [2.24, 2.45) is 17.6 Å². The molecule has 2 rings (SSSR count). The van der Waals surface area contributed by atoms with Crippen molar-refractivity contribution in [2.45, 2.75) is 44.1 Å². The van der Waals surface area contributed by atoms with Gasteiger partial charge < -0.3 is 20.5 Å². The molecule has 1 aliphatic heterocycles. The van der Waals surface area contributed by atoms with E-state index in [1.54, 1.807) is 7.11 Å². The zero-order valence-corrected chi connectivity index (χ0v) is 12.3. The Morgan fingerprint density at radius 1 is 1.37 bits per heavy atom. The Hall–Kier alpha value is -0.160. The van der Waals surface area contributed by atoms with E-state index in [1.807, 2.05) is 0 Å². The lowest BCUT2D eigenvalue weighted by Gasteiger charge is -2.35. The summed E-state index contributed by atoms with van der Waals surface area (Å²) in [6.45, 7) is 4.53. The fourth-order valence-electron chi connectivity index (χ4n) is 3.87. The molecule has 1 saturated heterocycles. The van der Waals surface area contributed by atoms with Gasteiger partial charge in [-0.05, 0) is 57.0 Å². The maximum atomic E-state index is 9.49. The zero-order valence-electron chi connectivity index (χ0n) is 12.3. The van der Waals surface area contributed by atoms with Crippen molar-refractivity contribution in [1.29, 1.82) is 0 Å². The van der Waals surface area contributed by atoms with Crippen molar-refractivity contribution in [3.05, 3.63) is 0 Å². The molecular formula is C15H30N2O2. The molecule has 1 heterocycles. The van der Waals surface area contributed by atoms with Gasteiger partial charge in [-0.15, -0.1) is 0 Å². The first-order valence-corrected chi connectivity index (χ1v) is 7.79. The van der Waals surface area contributed by atoms with Crippen LogP contribution in [0.15, 0.2) is 0 Å². The molecular weight excluding hydrogens is 240 g/mol. The summed E-state index contributed by atoms with van der Waals surface area (Å²) >= 11 is 0. The molecule has 0 radical (unpaired) electrons.